The van der Waals surface area contributed by atoms with E-state index in [1.807, 2.05) is 6.07 Å². The second-order valence-corrected chi connectivity index (χ2v) is 3.72. The van der Waals surface area contributed by atoms with Crippen LogP contribution in [0.1, 0.15) is 10.4 Å². The van der Waals surface area contributed by atoms with Crippen LogP contribution in [-0.2, 0) is 7.05 Å². The van der Waals surface area contributed by atoms with Crippen molar-refractivity contribution in [2.45, 2.75) is 0 Å². The maximum absolute atomic E-state index is 11.9. The van der Waals surface area contributed by atoms with Crippen LogP contribution in [0, 0.1) is 0 Å². The van der Waals surface area contributed by atoms with Gasteiger partial charge in [-0.3, -0.25) is 19.5 Å². The van der Waals surface area contributed by atoms with E-state index in [4.69, 9.17) is 5.73 Å². The summed E-state index contributed by atoms with van der Waals surface area (Å²) in [6, 6.07) is 8.66. The van der Waals surface area contributed by atoms with E-state index in [0.29, 0.717) is 5.56 Å². The topological polar surface area (TPSA) is 90.0 Å². The summed E-state index contributed by atoms with van der Waals surface area (Å²) < 4.78 is 1.19. The quantitative estimate of drug-likeness (QED) is 0.810. The van der Waals surface area contributed by atoms with E-state index >= 15 is 0 Å². The fraction of sp³-hybridized carbons (Fsp3) is 0.0833. The number of nitrogens with two attached hydrogens (primary N) is 1. The smallest absolute Gasteiger partial charge is 0.277 e. The first-order valence-corrected chi connectivity index (χ1v) is 5.27. The summed E-state index contributed by atoms with van der Waals surface area (Å²) in [6.07, 6.45) is 1.23. The number of amides is 1. The molecule has 6 nitrogen and oxygen atoms in total. The Kier molecular flexibility index (Phi) is 3.09. The van der Waals surface area contributed by atoms with Crippen molar-refractivity contribution >= 4 is 17.5 Å². The lowest BCUT2D eigenvalue weighted by Crippen LogP contribution is -2.26. The number of nitrogen functional groups attached to an aromatic ring is 1. The zero-order valence-corrected chi connectivity index (χ0v) is 9.75. The number of benzene rings is 1. The molecule has 92 valence electrons. The number of aromatic nitrogens is 2. The van der Waals surface area contributed by atoms with Gasteiger partial charge in [-0.2, -0.15) is 0 Å². The Morgan fingerprint density at radius 3 is 2.67 bits per heavy atom. The van der Waals surface area contributed by atoms with E-state index in [0.717, 1.165) is 0 Å². The van der Waals surface area contributed by atoms with Gasteiger partial charge in [0.15, 0.2) is 0 Å². The number of rotatable bonds is 2. The summed E-state index contributed by atoms with van der Waals surface area (Å²) in [7, 11) is 1.49. The Hall–Kier alpha value is -2.63. The molecule has 0 aliphatic carbocycles. The van der Waals surface area contributed by atoms with Crippen LogP contribution in [0.5, 0.6) is 0 Å². The minimum atomic E-state index is -0.395. The minimum absolute atomic E-state index is 0.0372. The molecular formula is C12H12N4O2. The van der Waals surface area contributed by atoms with Crippen molar-refractivity contribution in [1.82, 2.24) is 9.55 Å². The van der Waals surface area contributed by atoms with Crippen molar-refractivity contribution in [3.05, 3.63) is 52.4 Å². The standard InChI is InChI=1S/C12H12N4O2/c1-16-11(18)9(13)7-14-12(16)15-10(17)8-5-3-2-4-6-8/h2-7H,13H2,1H3,(H,14,15,17). The van der Waals surface area contributed by atoms with Crippen LogP contribution in [-0.4, -0.2) is 15.5 Å². The summed E-state index contributed by atoms with van der Waals surface area (Å²) in [6.45, 7) is 0. The number of anilines is 2. The van der Waals surface area contributed by atoms with Crippen molar-refractivity contribution in [3.8, 4) is 0 Å². The van der Waals surface area contributed by atoms with Gasteiger partial charge in [0, 0.05) is 12.6 Å². The van der Waals surface area contributed by atoms with Gasteiger partial charge in [0.2, 0.25) is 5.95 Å². The third kappa shape index (κ3) is 2.22. The van der Waals surface area contributed by atoms with Crippen molar-refractivity contribution in [1.29, 1.82) is 0 Å². The van der Waals surface area contributed by atoms with E-state index < -0.39 is 5.56 Å². The average Bonchev–Trinajstić information content (AvgIpc) is 2.40. The first kappa shape index (κ1) is 11.8. The predicted molar refractivity (Wildman–Crippen MR) is 68.3 cm³/mol. The van der Waals surface area contributed by atoms with Gasteiger partial charge in [0.1, 0.15) is 5.69 Å². The second kappa shape index (κ2) is 4.70. The summed E-state index contributed by atoms with van der Waals surface area (Å²) in [5.41, 5.74) is 5.55. The molecule has 1 amide bonds. The average molecular weight is 244 g/mol. The molecule has 1 aromatic carbocycles. The van der Waals surface area contributed by atoms with Gasteiger partial charge in [0.25, 0.3) is 11.5 Å². The van der Waals surface area contributed by atoms with Crippen LogP contribution in [0.4, 0.5) is 11.6 Å². The Balaban J connectivity index is 2.28. The molecule has 0 fully saturated rings. The van der Waals surface area contributed by atoms with E-state index in [-0.39, 0.29) is 17.5 Å². The highest BCUT2D eigenvalue weighted by Gasteiger charge is 2.09. The van der Waals surface area contributed by atoms with Crippen molar-refractivity contribution in [3.63, 3.8) is 0 Å². The van der Waals surface area contributed by atoms with Crippen molar-refractivity contribution in [2.24, 2.45) is 7.05 Å². The molecule has 0 atom stereocenters. The molecule has 3 N–H and O–H groups in total. The number of hydrogen-bond donors (Lipinski definition) is 2. The molecule has 0 saturated heterocycles. The van der Waals surface area contributed by atoms with Crippen LogP contribution in [0.3, 0.4) is 0 Å². The van der Waals surface area contributed by atoms with Gasteiger partial charge in [-0.15, -0.1) is 0 Å². The Morgan fingerprint density at radius 2 is 2.00 bits per heavy atom. The third-order valence-corrected chi connectivity index (χ3v) is 2.46. The molecule has 1 heterocycles. The van der Waals surface area contributed by atoms with Crippen LogP contribution >= 0.6 is 0 Å². The predicted octanol–water partition coefficient (Wildman–Crippen LogP) is 0.615. The molecule has 6 heteroatoms. The molecule has 0 unspecified atom stereocenters. The molecule has 2 aromatic rings. The molecule has 0 saturated carbocycles. The maximum Gasteiger partial charge on any atom is 0.277 e. The zero-order valence-electron chi connectivity index (χ0n) is 9.75. The number of hydrogen-bond acceptors (Lipinski definition) is 4. The molecule has 18 heavy (non-hydrogen) atoms. The number of carbonyl (C=O) groups is 1. The van der Waals surface area contributed by atoms with Gasteiger partial charge < -0.3 is 5.73 Å². The van der Waals surface area contributed by atoms with Gasteiger partial charge in [-0.25, -0.2) is 4.98 Å². The number of nitrogens with zero attached hydrogens (tertiary/aromatic N) is 2. The molecule has 0 spiro atoms. The highest BCUT2D eigenvalue weighted by atomic mass is 16.2. The minimum Gasteiger partial charge on any atom is -0.393 e. The Bertz CT molecular complexity index is 634. The highest BCUT2D eigenvalue weighted by molar-refractivity contribution is 6.03. The third-order valence-electron chi connectivity index (χ3n) is 2.46. The largest absolute Gasteiger partial charge is 0.393 e. The maximum atomic E-state index is 11.9. The first-order valence-electron chi connectivity index (χ1n) is 5.27. The normalized spacial score (nSPS) is 10.1. The van der Waals surface area contributed by atoms with Crippen LogP contribution in [0.2, 0.25) is 0 Å². The van der Waals surface area contributed by atoms with Crippen molar-refractivity contribution < 1.29 is 4.79 Å². The zero-order chi connectivity index (χ0) is 13.1. The molecular weight excluding hydrogens is 232 g/mol. The van der Waals surface area contributed by atoms with E-state index in [9.17, 15) is 9.59 Å². The van der Waals surface area contributed by atoms with Crippen molar-refractivity contribution in [2.75, 3.05) is 11.1 Å². The molecule has 0 aliphatic heterocycles. The molecule has 0 aliphatic rings. The Labute approximate surface area is 103 Å². The molecule has 1 aromatic heterocycles. The second-order valence-electron chi connectivity index (χ2n) is 3.72. The molecule has 2 rings (SSSR count). The molecule has 0 radical (unpaired) electrons. The van der Waals surface area contributed by atoms with Crippen LogP contribution in [0.15, 0.2) is 41.3 Å². The summed E-state index contributed by atoms with van der Waals surface area (Å²) in [5, 5.41) is 2.55. The van der Waals surface area contributed by atoms with Gasteiger partial charge in [0.05, 0.1) is 6.20 Å². The Morgan fingerprint density at radius 1 is 1.33 bits per heavy atom. The van der Waals surface area contributed by atoms with E-state index in [1.165, 1.54) is 17.8 Å². The van der Waals surface area contributed by atoms with Gasteiger partial charge in [-0.1, -0.05) is 18.2 Å². The van der Waals surface area contributed by atoms with Gasteiger partial charge in [-0.05, 0) is 12.1 Å². The summed E-state index contributed by atoms with van der Waals surface area (Å²) in [4.78, 5) is 27.3. The molecule has 0 bridgehead atoms. The summed E-state index contributed by atoms with van der Waals surface area (Å²) >= 11 is 0. The number of nitrogens with one attached hydrogen (secondary N) is 1. The summed E-state index contributed by atoms with van der Waals surface area (Å²) in [5.74, 6) is -0.175. The monoisotopic (exact) mass is 244 g/mol. The van der Waals surface area contributed by atoms with Gasteiger partial charge >= 0.3 is 0 Å². The fourth-order valence-electron chi connectivity index (χ4n) is 1.44. The lowest BCUT2D eigenvalue weighted by Gasteiger charge is -2.08. The van der Waals surface area contributed by atoms with Crippen LogP contribution in [0.25, 0.3) is 0 Å². The lowest BCUT2D eigenvalue weighted by atomic mass is 10.2. The van der Waals surface area contributed by atoms with E-state index in [1.54, 1.807) is 24.3 Å². The fourth-order valence-corrected chi connectivity index (χ4v) is 1.44. The first-order chi connectivity index (χ1) is 8.59. The van der Waals surface area contributed by atoms with Crippen LogP contribution < -0.4 is 16.6 Å². The SMILES string of the molecule is Cn1c(NC(=O)c2ccccc2)ncc(N)c1=O. The lowest BCUT2D eigenvalue weighted by molar-refractivity contribution is 0.102. The highest BCUT2D eigenvalue weighted by Crippen LogP contribution is 2.04. The van der Waals surface area contributed by atoms with E-state index in [2.05, 4.69) is 10.3 Å². The number of carbonyl (C=O) groups excluding carboxylic acids is 1.